The minimum Gasteiger partial charge on any atom is -0.493 e. The van der Waals surface area contributed by atoms with Crippen molar-refractivity contribution in [3.63, 3.8) is 0 Å². The number of ether oxygens (including phenoxy) is 1. The summed E-state index contributed by atoms with van der Waals surface area (Å²) >= 11 is 1.39. The Morgan fingerprint density at radius 1 is 1.32 bits per heavy atom. The van der Waals surface area contributed by atoms with E-state index < -0.39 is 0 Å². The van der Waals surface area contributed by atoms with Gasteiger partial charge in [-0.1, -0.05) is 18.2 Å². The van der Waals surface area contributed by atoms with E-state index in [4.69, 9.17) is 4.74 Å². The molecule has 0 fully saturated rings. The summed E-state index contributed by atoms with van der Waals surface area (Å²) in [5.74, 6) is 0.166. The van der Waals surface area contributed by atoms with Crippen molar-refractivity contribution >= 4 is 22.4 Å². The molecular weight excluding hydrogens is 300 g/mol. The predicted molar refractivity (Wildman–Crippen MR) is 85.0 cm³/mol. The standard InChI is InChI=1S/C15H14N4O2S/c1-18(15-16-8-9-22-15)14(20)13-12(21-2)10-19(17-13)11-6-4-3-5-7-11/h3-10H,1-2H3. The van der Waals surface area contributed by atoms with Gasteiger partial charge in [0.25, 0.3) is 5.91 Å². The van der Waals surface area contributed by atoms with E-state index in [-0.39, 0.29) is 11.6 Å². The van der Waals surface area contributed by atoms with Crippen molar-refractivity contribution in [3.8, 4) is 11.4 Å². The van der Waals surface area contributed by atoms with Crippen LogP contribution in [-0.2, 0) is 0 Å². The van der Waals surface area contributed by atoms with Crippen LogP contribution >= 0.6 is 11.3 Å². The number of hydrogen-bond acceptors (Lipinski definition) is 5. The Labute approximate surface area is 131 Å². The lowest BCUT2D eigenvalue weighted by molar-refractivity contribution is 0.0985. The second kappa shape index (κ2) is 5.98. The van der Waals surface area contributed by atoms with Gasteiger partial charge in [-0.2, -0.15) is 5.10 Å². The third-order valence-electron chi connectivity index (χ3n) is 3.13. The number of rotatable bonds is 4. The summed E-state index contributed by atoms with van der Waals surface area (Å²) in [6, 6.07) is 9.56. The quantitative estimate of drug-likeness (QED) is 0.743. The van der Waals surface area contributed by atoms with E-state index in [0.717, 1.165) is 5.69 Å². The normalized spacial score (nSPS) is 10.5. The van der Waals surface area contributed by atoms with Crippen LogP contribution in [0.4, 0.5) is 5.13 Å². The zero-order valence-electron chi connectivity index (χ0n) is 12.1. The number of anilines is 1. The Kier molecular flexibility index (Phi) is 3.88. The molecule has 0 saturated heterocycles. The van der Waals surface area contributed by atoms with Gasteiger partial charge in [-0.3, -0.25) is 9.69 Å². The van der Waals surface area contributed by atoms with Crippen LogP contribution in [0.2, 0.25) is 0 Å². The molecule has 0 radical (unpaired) electrons. The molecule has 0 unspecified atom stereocenters. The average molecular weight is 314 g/mol. The lowest BCUT2D eigenvalue weighted by Gasteiger charge is -2.12. The van der Waals surface area contributed by atoms with Crippen LogP contribution in [0.15, 0.2) is 48.1 Å². The number of carbonyl (C=O) groups is 1. The molecule has 0 bridgehead atoms. The van der Waals surface area contributed by atoms with E-state index in [2.05, 4.69) is 10.1 Å². The highest BCUT2D eigenvalue weighted by atomic mass is 32.1. The van der Waals surface area contributed by atoms with Gasteiger partial charge in [0, 0.05) is 18.6 Å². The third-order valence-corrected chi connectivity index (χ3v) is 3.98. The van der Waals surface area contributed by atoms with Crippen LogP contribution in [0.25, 0.3) is 5.69 Å². The SMILES string of the molecule is COc1cn(-c2ccccc2)nc1C(=O)N(C)c1nccs1. The fourth-order valence-electron chi connectivity index (χ4n) is 2.00. The van der Waals surface area contributed by atoms with Crippen molar-refractivity contribution in [3.05, 3.63) is 53.8 Å². The molecule has 0 aliphatic heterocycles. The van der Waals surface area contributed by atoms with Crippen LogP contribution in [0.5, 0.6) is 5.75 Å². The number of hydrogen-bond donors (Lipinski definition) is 0. The van der Waals surface area contributed by atoms with Crippen molar-refractivity contribution in [1.82, 2.24) is 14.8 Å². The van der Waals surface area contributed by atoms with Gasteiger partial charge < -0.3 is 4.74 Å². The second-order valence-electron chi connectivity index (χ2n) is 4.51. The Bertz CT molecular complexity index is 768. The Hall–Kier alpha value is -2.67. The molecule has 3 aromatic rings. The van der Waals surface area contributed by atoms with Crippen LogP contribution in [0, 0.1) is 0 Å². The number of benzene rings is 1. The molecule has 0 aliphatic rings. The molecule has 22 heavy (non-hydrogen) atoms. The topological polar surface area (TPSA) is 60.3 Å². The van der Waals surface area contributed by atoms with Crippen molar-refractivity contribution in [2.24, 2.45) is 0 Å². The highest BCUT2D eigenvalue weighted by Crippen LogP contribution is 2.24. The number of aromatic nitrogens is 3. The fourth-order valence-corrected chi connectivity index (χ4v) is 2.60. The van der Waals surface area contributed by atoms with Gasteiger partial charge in [-0.15, -0.1) is 11.3 Å². The summed E-state index contributed by atoms with van der Waals surface area (Å²) in [5, 5.41) is 6.79. The van der Waals surface area contributed by atoms with Gasteiger partial charge in [0.1, 0.15) is 0 Å². The molecule has 0 atom stereocenters. The number of para-hydroxylation sites is 1. The number of carbonyl (C=O) groups excluding carboxylic acids is 1. The van der Waals surface area contributed by atoms with E-state index in [1.165, 1.54) is 23.3 Å². The molecule has 1 aromatic carbocycles. The first-order valence-corrected chi connectivity index (χ1v) is 7.45. The summed E-state index contributed by atoms with van der Waals surface area (Å²) in [7, 11) is 3.19. The van der Waals surface area contributed by atoms with Crippen LogP contribution in [0.3, 0.4) is 0 Å². The highest BCUT2D eigenvalue weighted by Gasteiger charge is 2.23. The van der Waals surface area contributed by atoms with E-state index in [1.54, 1.807) is 24.1 Å². The van der Waals surface area contributed by atoms with E-state index >= 15 is 0 Å². The molecule has 3 rings (SSSR count). The van der Waals surface area contributed by atoms with Crippen molar-refractivity contribution < 1.29 is 9.53 Å². The Balaban J connectivity index is 1.97. The molecule has 0 aliphatic carbocycles. The number of thiazole rings is 1. The first-order valence-electron chi connectivity index (χ1n) is 6.57. The van der Waals surface area contributed by atoms with E-state index in [0.29, 0.717) is 10.9 Å². The minimum absolute atomic E-state index is 0.254. The van der Waals surface area contributed by atoms with Gasteiger partial charge in [0.15, 0.2) is 16.6 Å². The molecule has 0 N–H and O–H groups in total. The lowest BCUT2D eigenvalue weighted by Crippen LogP contribution is -2.27. The predicted octanol–water partition coefficient (Wildman–Crippen LogP) is 2.61. The van der Waals surface area contributed by atoms with Crippen LogP contribution < -0.4 is 9.64 Å². The summed E-state index contributed by atoms with van der Waals surface area (Å²) in [4.78, 5) is 18.2. The Morgan fingerprint density at radius 3 is 2.73 bits per heavy atom. The molecule has 2 heterocycles. The zero-order chi connectivity index (χ0) is 15.5. The van der Waals surface area contributed by atoms with Crippen LogP contribution in [0.1, 0.15) is 10.5 Å². The zero-order valence-corrected chi connectivity index (χ0v) is 12.9. The smallest absolute Gasteiger partial charge is 0.284 e. The highest BCUT2D eigenvalue weighted by molar-refractivity contribution is 7.13. The van der Waals surface area contributed by atoms with Gasteiger partial charge in [-0.05, 0) is 12.1 Å². The Morgan fingerprint density at radius 2 is 2.09 bits per heavy atom. The maximum Gasteiger partial charge on any atom is 0.284 e. The maximum absolute atomic E-state index is 12.6. The van der Waals surface area contributed by atoms with E-state index in [1.807, 2.05) is 35.7 Å². The lowest BCUT2D eigenvalue weighted by atomic mass is 10.3. The number of amides is 1. The first kappa shape index (κ1) is 14.3. The minimum atomic E-state index is -0.263. The third kappa shape index (κ3) is 2.58. The van der Waals surface area contributed by atoms with Gasteiger partial charge in [0.2, 0.25) is 0 Å². The summed E-state index contributed by atoms with van der Waals surface area (Å²) in [6.45, 7) is 0. The molecule has 6 nitrogen and oxygen atoms in total. The monoisotopic (exact) mass is 314 g/mol. The molecule has 0 saturated carbocycles. The molecule has 7 heteroatoms. The molecule has 1 amide bonds. The maximum atomic E-state index is 12.6. The first-order chi connectivity index (χ1) is 10.7. The summed E-state index contributed by atoms with van der Waals surface area (Å²) in [5.41, 5.74) is 1.11. The molecule has 0 spiro atoms. The molecule has 112 valence electrons. The van der Waals surface area contributed by atoms with E-state index in [9.17, 15) is 4.79 Å². The van der Waals surface area contributed by atoms with Crippen molar-refractivity contribution in [2.45, 2.75) is 0 Å². The van der Waals surface area contributed by atoms with Crippen LogP contribution in [-0.4, -0.2) is 34.8 Å². The van der Waals surface area contributed by atoms with Gasteiger partial charge in [-0.25, -0.2) is 9.67 Å². The van der Waals surface area contributed by atoms with Gasteiger partial charge >= 0.3 is 0 Å². The van der Waals surface area contributed by atoms with Crippen molar-refractivity contribution in [2.75, 3.05) is 19.1 Å². The molecule has 2 aromatic heterocycles. The fraction of sp³-hybridized carbons (Fsp3) is 0.133. The van der Waals surface area contributed by atoms with Crippen molar-refractivity contribution in [1.29, 1.82) is 0 Å². The summed E-state index contributed by atoms with van der Waals surface area (Å²) in [6.07, 6.45) is 3.35. The number of nitrogens with zero attached hydrogens (tertiary/aromatic N) is 4. The van der Waals surface area contributed by atoms with Gasteiger partial charge in [0.05, 0.1) is 19.0 Å². The second-order valence-corrected chi connectivity index (χ2v) is 5.38. The number of methoxy groups -OCH3 is 1. The average Bonchev–Trinajstić information content (AvgIpc) is 3.23. The molecular formula is C15H14N4O2S. The largest absolute Gasteiger partial charge is 0.493 e. The summed E-state index contributed by atoms with van der Waals surface area (Å²) < 4.78 is 6.92.